The van der Waals surface area contributed by atoms with Crippen molar-refractivity contribution in [2.45, 2.75) is 31.4 Å². The fourth-order valence-corrected chi connectivity index (χ4v) is 6.36. The van der Waals surface area contributed by atoms with Crippen molar-refractivity contribution in [2.75, 3.05) is 23.7 Å². The van der Waals surface area contributed by atoms with Crippen molar-refractivity contribution >= 4 is 46.5 Å². The number of urea groups is 2. The molecule has 2 heterocycles. The van der Waals surface area contributed by atoms with Crippen LogP contribution in [0.3, 0.4) is 0 Å². The molecule has 18 heteroatoms. The Balaban J connectivity index is 0.000000209. The lowest BCUT2D eigenvalue weighted by atomic mass is 9.90. The van der Waals surface area contributed by atoms with Crippen LogP contribution in [0.2, 0.25) is 5.02 Å². The number of anilines is 2. The minimum absolute atomic E-state index is 0.0227. The number of hydrogen-bond donors (Lipinski definition) is 2. The van der Waals surface area contributed by atoms with Crippen LogP contribution in [0.5, 0.6) is 0 Å². The number of halogens is 10. The van der Waals surface area contributed by atoms with Crippen LogP contribution in [0.25, 0.3) is 0 Å². The molecular formula is C42H32ClF9N6O2. The maximum absolute atomic E-state index is 12.9. The molecule has 4 amide bonds. The first kappa shape index (κ1) is 43.2. The van der Waals surface area contributed by atoms with E-state index in [0.29, 0.717) is 22.8 Å². The van der Waals surface area contributed by atoms with E-state index in [0.717, 1.165) is 70.4 Å². The van der Waals surface area contributed by atoms with Gasteiger partial charge in [0.2, 0.25) is 0 Å². The van der Waals surface area contributed by atoms with Gasteiger partial charge in [-0.3, -0.25) is 0 Å². The largest absolute Gasteiger partial charge is 0.416 e. The van der Waals surface area contributed by atoms with E-state index in [1.165, 1.54) is 29.3 Å². The molecule has 5 aromatic rings. The minimum atomic E-state index is -4.50. The molecule has 2 aliphatic rings. The Morgan fingerprint density at radius 1 is 0.550 bits per heavy atom. The number of carbonyl (C=O) groups is 2. The lowest BCUT2D eigenvalue weighted by Crippen LogP contribution is -2.30. The highest BCUT2D eigenvalue weighted by Crippen LogP contribution is 2.34. The summed E-state index contributed by atoms with van der Waals surface area (Å²) in [5.74, 6) is -0.383. The van der Waals surface area contributed by atoms with Crippen LogP contribution in [-0.4, -0.2) is 46.6 Å². The molecular weight excluding hydrogens is 827 g/mol. The molecule has 2 unspecified atom stereocenters. The van der Waals surface area contributed by atoms with Gasteiger partial charge in [-0.1, -0.05) is 73.1 Å². The molecule has 0 bridgehead atoms. The van der Waals surface area contributed by atoms with E-state index in [1.807, 2.05) is 37.3 Å². The molecule has 7 rings (SSSR count). The minimum Gasteiger partial charge on any atom is -0.306 e. The number of amides is 4. The molecule has 0 radical (unpaired) electrons. The molecule has 2 aliphatic heterocycles. The van der Waals surface area contributed by atoms with Crippen LogP contribution in [0.4, 0.5) is 60.5 Å². The number of nitrogens with one attached hydrogen (secondary N) is 2. The summed E-state index contributed by atoms with van der Waals surface area (Å²) in [5.41, 5.74) is 1.25. The molecule has 2 N–H and O–H groups in total. The normalized spacial score (nSPS) is 16.7. The first-order chi connectivity index (χ1) is 28.3. The lowest BCUT2D eigenvalue weighted by molar-refractivity contribution is -0.138. The molecule has 5 aromatic carbocycles. The van der Waals surface area contributed by atoms with Crippen molar-refractivity contribution in [3.63, 3.8) is 0 Å². The highest BCUT2D eigenvalue weighted by Gasteiger charge is 2.35. The predicted octanol–water partition coefficient (Wildman–Crippen LogP) is 12.0. The van der Waals surface area contributed by atoms with E-state index in [1.54, 1.807) is 24.3 Å². The van der Waals surface area contributed by atoms with E-state index in [-0.39, 0.29) is 23.8 Å². The summed E-state index contributed by atoms with van der Waals surface area (Å²) < 4.78 is 115. The molecule has 0 aliphatic carbocycles. The number of hydrazone groups is 2. The van der Waals surface area contributed by atoms with Crippen LogP contribution in [-0.2, 0) is 18.5 Å². The SMILES string of the molecule is CC1CN(C(=O)Nc2ccc(C(F)(F)F)cc2)N=C1c1ccc(Cl)cc1.O=C(Nc1ccc(C(F)(F)F)cc1)N1CC(c2ccccc2)C(c2ccc(C(F)(F)F)cc2)=N1. The van der Waals surface area contributed by atoms with Gasteiger partial charge in [0.05, 0.1) is 41.2 Å². The van der Waals surface area contributed by atoms with Gasteiger partial charge in [0.25, 0.3) is 0 Å². The third-order valence-corrected chi connectivity index (χ3v) is 9.55. The summed E-state index contributed by atoms with van der Waals surface area (Å²) in [6.07, 6.45) is -13.4. The predicted molar refractivity (Wildman–Crippen MR) is 209 cm³/mol. The smallest absolute Gasteiger partial charge is 0.306 e. The van der Waals surface area contributed by atoms with E-state index >= 15 is 0 Å². The maximum Gasteiger partial charge on any atom is 0.416 e. The Morgan fingerprint density at radius 2 is 0.933 bits per heavy atom. The van der Waals surface area contributed by atoms with Crippen molar-refractivity contribution in [1.29, 1.82) is 0 Å². The number of nitrogens with zero attached hydrogens (tertiary/aromatic N) is 4. The Kier molecular flexibility index (Phi) is 12.6. The molecule has 2 atom stereocenters. The fourth-order valence-electron chi connectivity index (χ4n) is 6.23. The highest BCUT2D eigenvalue weighted by molar-refractivity contribution is 6.30. The summed E-state index contributed by atoms with van der Waals surface area (Å²) in [6.45, 7) is 2.43. The van der Waals surface area contributed by atoms with Gasteiger partial charge in [-0.2, -0.15) is 49.7 Å². The van der Waals surface area contributed by atoms with E-state index < -0.39 is 53.2 Å². The van der Waals surface area contributed by atoms with E-state index in [9.17, 15) is 49.1 Å². The molecule has 312 valence electrons. The number of alkyl halides is 9. The van der Waals surface area contributed by atoms with Crippen molar-refractivity contribution < 1.29 is 49.1 Å². The third kappa shape index (κ3) is 10.6. The molecule has 8 nitrogen and oxygen atoms in total. The Morgan fingerprint density at radius 3 is 1.38 bits per heavy atom. The molecule has 0 spiro atoms. The molecule has 60 heavy (non-hydrogen) atoms. The first-order valence-electron chi connectivity index (χ1n) is 17.9. The molecule has 0 saturated heterocycles. The average molecular weight is 859 g/mol. The summed E-state index contributed by atoms with van der Waals surface area (Å²) in [6, 6.07) is 27.7. The maximum atomic E-state index is 12.9. The Labute approximate surface area is 341 Å². The Hall–Kier alpha value is -6.36. The van der Waals surface area contributed by atoms with Gasteiger partial charge in [0.15, 0.2) is 0 Å². The molecule has 0 aromatic heterocycles. The van der Waals surface area contributed by atoms with Crippen molar-refractivity contribution in [3.05, 3.63) is 166 Å². The second-order valence-corrected chi connectivity index (χ2v) is 14.0. The topological polar surface area (TPSA) is 89.4 Å². The first-order valence-corrected chi connectivity index (χ1v) is 18.3. The summed E-state index contributed by atoms with van der Waals surface area (Å²) in [5, 5.41) is 16.7. The van der Waals surface area contributed by atoms with Gasteiger partial charge in [0, 0.05) is 28.2 Å². The van der Waals surface area contributed by atoms with Crippen molar-refractivity contribution in [1.82, 2.24) is 10.0 Å². The van der Waals surface area contributed by atoms with Gasteiger partial charge in [-0.25, -0.2) is 19.6 Å². The van der Waals surface area contributed by atoms with Gasteiger partial charge >= 0.3 is 30.6 Å². The zero-order valence-electron chi connectivity index (χ0n) is 31.1. The number of hydrogen-bond acceptors (Lipinski definition) is 4. The van der Waals surface area contributed by atoms with Gasteiger partial charge in [-0.05, 0) is 89.5 Å². The fraction of sp³-hybridized carbons (Fsp3) is 0.190. The van der Waals surface area contributed by atoms with Crippen LogP contribution in [0, 0.1) is 5.92 Å². The van der Waals surface area contributed by atoms with Gasteiger partial charge in [0.1, 0.15) is 0 Å². The van der Waals surface area contributed by atoms with Crippen LogP contribution in [0.15, 0.2) is 138 Å². The standard InChI is InChI=1S/C24H17F6N3O.C18H15ClF3N3O/c25-23(26,27)17-8-6-16(7-9-17)21-20(15-4-2-1-3-5-15)14-33(32-21)22(34)31-19-12-10-18(11-13-19)24(28,29)30;1-11-10-25(24-16(11)12-2-6-14(19)7-3-12)17(26)23-15-8-4-13(5-9-15)18(20,21)22/h1-13,20H,14H2,(H,31,34);2-9,11H,10H2,1H3,(H,23,26). The quantitative estimate of drug-likeness (QED) is 0.172. The zero-order chi connectivity index (χ0) is 43.4. The summed E-state index contributed by atoms with van der Waals surface area (Å²) >= 11 is 5.88. The highest BCUT2D eigenvalue weighted by atomic mass is 35.5. The second-order valence-electron chi connectivity index (χ2n) is 13.6. The number of carbonyl (C=O) groups excluding carboxylic acids is 2. The average Bonchev–Trinajstić information content (AvgIpc) is 3.83. The lowest BCUT2D eigenvalue weighted by Gasteiger charge is -2.16. The number of benzene rings is 5. The molecule has 0 saturated carbocycles. The van der Waals surface area contributed by atoms with Crippen LogP contribution >= 0.6 is 11.6 Å². The van der Waals surface area contributed by atoms with Gasteiger partial charge in [-0.15, -0.1) is 0 Å². The molecule has 0 fully saturated rings. The van der Waals surface area contributed by atoms with Crippen LogP contribution in [0.1, 0.15) is 46.2 Å². The summed E-state index contributed by atoms with van der Waals surface area (Å²) in [4.78, 5) is 25.1. The second kappa shape index (κ2) is 17.5. The third-order valence-electron chi connectivity index (χ3n) is 9.30. The van der Waals surface area contributed by atoms with E-state index in [4.69, 9.17) is 11.6 Å². The zero-order valence-corrected chi connectivity index (χ0v) is 31.8. The monoisotopic (exact) mass is 858 g/mol. The Bertz CT molecular complexity index is 2350. The van der Waals surface area contributed by atoms with Crippen LogP contribution < -0.4 is 10.6 Å². The van der Waals surface area contributed by atoms with Crippen molar-refractivity contribution in [3.8, 4) is 0 Å². The van der Waals surface area contributed by atoms with E-state index in [2.05, 4.69) is 20.8 Å². The van der Waals surface area contributed by atoms with Gasteiger partial charge < -0.3 is 10.6 Å². The number of rotatable bonds is 5. The van der Waals surface area contributed by atoms with Crippen molar-refractivity contribution in [2.24, 2.45) is 16.1 Å². The summed E-state index contributed by atoms with van der Waals surface area (Å²) in [7, 11) is 0.